The predicted molar refractivity (Wildman–Crippen MR) is 77.1 cm³/mol. The van der Waals surface area contributed by atoms with E-state index in [1.165, 1.54) is 0 Å². The van der Waals surface area contributed by atoms with Crippen LogP contribution < -0.4 is 5.32 Å². The molecule has 18 heavy (non-hydrogen) atoms. The van der Waals surface area contributed by atoms with Crippen molar-refractivity contribution < 1.29 is 8.42 Å². The van der Waals surface area contributed by atoms with Crippen LogP contribution in [0.2, 0.25) is 0 Å². The van der Waals surface area contributed by atoms with E-state index in [1.54, 1.807) is 16.8 Å². The molecule has 4 nitrogen and oxygen atoms in total. The van der Waals surface area contributed by atoms with Gasteiger partial charge in [-0.25, -0.2) is 13.4 Å². The zero-order valence-corrected chi connectivity index (χ0v) is 11.9. The summed E-state index contributed by atoms with van der Waals surface area (Å²) in [6, 6.07) is 5.86. The third kappa shape index (κ3) is 3.43. The van der Waals surface area contributed by atoms with E-state index in [4.69, 9.17) is 0 Å². The molecule has 0 aliphatic rings. The molecule has 2 rings (SSSR count). The number of nitrogens with one attached hydrogen (secondary N) is 1. The Morgan fingerprint density at radius 2 is 2.17 bits per heavy atom. The van der Waals surface area contributed by atoms with Crippen molar-refractivity contribution in [3.63, 3.8) is 0 Å². The van der Waals surface area contributed by atoms with Crippen molar-refractivity contribution in [1.29, 1.82) is 0 Å². The Bertz CT molecular complexity index is 620. The maximum Gasteiger partial charge on any atom is 0.152 e. The molecule has 0 saturated carbocycles. The van der Waals surface area contributed by atoms with Gasteiger partial charge in [0.2, 0.25) is 0 Å². The molecule has 1 heterocycles. The summed E-state index contributed by atoms with van der Waals surface area (Å²) >= 11 is 1.58. The van der Waals surface area contributed by atoms with Crippen LogP contribution in [0.4, 0.5) is 5.69 Å². The number of nitrogens with zero attached hydrogens (tertiary/aromatic N) is 1. The number of sulfone groups is 1. The molecule has 0 aliphatic heterocycles. The maximum atomic E-state index is 11.5. The molecule has 1 aromatic heterocycles. The molecule has 0 unspecified atom stereocenters. The predicted octanol–water partition coefficient (Wildman–Crippen LogP) is 2.53. The Morgan fingerprint density at radius 1 is 1.33 bits per heavy atom. The number of fused-ring (bicyclic) bond motifs is 1. The molecule has 0 amide bonds. The summed E-state index contributed by atoms with van der Waals surface area (Å²) in [7, 11) is -2.91. The fourth-order valence-electron chi connectivity index (χ4n) is 1.73. The average Bonchev–Trinajstić information content (AvgIpc) is 2.75. The first kappa shape index (κ1) is 13.3. The van der Waals surface area contributed by atoms with Gasteiger partial charge < -0.3 is 5.32 Å². The van der Waals surface area contributed by atoms with E-state index in [1.807, 2.05) is 25.1 Å². The van der Waals surface area contributed by atoms with Crippen molar-refractivity contribution >= 4 is 37.1 Å². The average molecular weight is 284 g/mol. The lowest BCUT2D eigenvalue weighted by Gasteiger charge is -2.06. The highest BCUT2D eigenvalue weighted by atomic mass is 32.2. The molecule has 0 spiro atoms. The van der Waals surface area contributed by atoms with E-state index < -0.39 is 9.84 Å². The van der Waals surface area contributed by atoms with Gasteiger partial charge in [0.1, 0.15) is 0 Å². The standard InChI is InChI=1S/C12H16N2O2S2/c1-2-6-18(15,16)7-5-13-10-3-4-11-12(8-10)17-9-14-11/h3-4,8-9,13H,2,5-7H2,1H3. The van der Waals surface area contributed by atoms with Gasteiger partial charge in [-0.05, 0) is 24.6 Å². The van der Waals surface area contributed by atoms with E-state index >= 15 is 0 Å². The largest absolute Gasteiger partial charge is 0.384 e. The normalized spacial score (nSPS) is 11.8. The number of hydrogen-bond acceptors (Lipinski definition) is 5. The van der Waals surface area contributed by atoms with Crippen LogP contribution >= 0.6 is 11.3 Å². The van der Waals surface area contributed by atoms with Gasteiger partial charge >= 0.3 is 0 Å². The first-order chi connectivity index (χ1) is 8.61. The van der Waals surface area contributed by atoms with Crippen LogP contribution in [-0.2, 0) is 9.84 Å². The van der Waals surface area contributed by atoms with Gasteiger partial charge in [-0.15, -0.1) is 11.3 Å². The fraction of sp³-hybridized carbons (Fsp3) is 0.417. The van der Waals surface area contributed by atoms with Crippen LogP contribution in [0.25, 0.3) is 10.2 Å². The zero-order chi connectivity index (χ0) is 13.0. The van der Waals surface area contributed by atoms with E-state index in [0.29, 0.717) is 13.0 Å². The van der Waals surface area contributed by atoms with Gasteiger partial charge in [-0.3, -0.25) is 0 Å². The molecule has 0 bridgehead atoms. The smallest absolute Gasteiger partial charge is 0.152 e. The highest BCUT2D eigenvalue weighted by molar-refractivity contribution is 7.91. The van der Waals surface area contributed by atoms with E-state index in [9.17, 15) is 8.42 Å². The summed E-state index contributed by atoms with van der Waals surface area (Å²) < 4.78 is 24.2. The molecule has 0 radical (unpaired) electrons. The molecular weight excluding hydrogens is 268 g/mol. The van der Waals surface area contributed by atoms with Crippen LogP contribution in [0.15, 0.2) is 23.7 Å². The van der Waals surface area contributed by atoms with Crippen LogP contribution in [0.5, 0.6) is 0 Å². The Labute approximate surface area is 111 Å². The molecule has 0 saturated heterocycles. The molecule has 1 N–H and O–H groups in total. The summed E-state index contributed by atoms with van der Waals surface area (Å²) in [6.07, 6.45) is 0.676. The van der Waals surface area contributed by atoms with Crippen molar-refractivity contribution in [2.24, 2.45) is 0 Å². The summed E-state index contributed by atoms with van der Waals surface area (Å²) in [5, 5.41) is 3.14. The van der Waals surface area contributed by atoms with Crippen molar-refractivity contribution in [3.8, 4) is 0 Å². The van der Waals surface area contributed by atoms with Gasteiger partial charge in [0, 0.05) is 18.0 Å². The topological polar surface area (TPSA) is 59.1 Å². The first-order valence-electron chi connectivity index (χ1n) is 5.88. The second-order valence-electron chi connectivity index (χ2n) is 4.11. The van der Waals surface area contributed by atoms with Crippen molar-refractivity contribution in [2.45, 2.75) is 13.3 Å². The maximum absolute atomic E-state index is 11.5. The molecule has 2 aromatic rings. The minimum absolute atomic E-state index is 0.182. The van der Waals surface area contributed by atoms with Crippen molar-refractivity contribution in [1.82, 2.24) is 4.98 Å². The lowest BCUT2D eigenvalue weighted by atomic mass is 10.3. The van der Waals surface area contributed by atoms with Crippen LogP contribution in [0, 0.1) is 0 Å². The third-order valence-electron chi connectivity index (χ3n) is 2.59. The molecular formula is C12H16N2O2S2. The number of thiazole rings is 1. The van der Waals surface area contributed by atoms with Gasteiger partial charge in [0.15, 0.2) is 9.84 Å². The summed E-state index contributed by atoms with van der Waals surface area (Å²) in [4.78, 5) is 4.20. The lowest BCUT2D eigenvalue weighted by molar-refractivity contribution is 0.595. The van der Waals surface area contributed by atoms with E-state index in [2.05, 4.69) is 10.3 Å². The second kappa shape index (κ2) is 5.67. The highest BCUT2D eigenvalue weighted by Crippen LogP contribution is 2.21. The number of aromatic nitrogens is 1. The quantitative estimate of drug-likeness (QED) is 0.885. The molecule has 0 fully saturated rings. The molecule has 1 aromatic carbocycles. The first-order valence-corrected chi connectivity index (χ1v) is 8.58. The summed E-state index contributed by atoms with van der Waals surface area (Å²) in [6.45, 7) is 2.33. The molecule has 6 heteroatoms. The van der Waals surface area contributed by atoms with Crippen LogP contribution in [-0.4, -0.2) is 31.5 Å². The molecule has 0 aliphatic carbocycles. The monoisotopic (exact) mass is 284 g/mol. The second-order valence-corrected chi connectivity index (χ2v) is 7.30. The van der Waals surface area contributed by atoms with Crippen molar-refractivity contribution in [2.75, 3.05) is 23.4 Å². The van der Waals surface area contributed by atoms with Gasteiger partial charge in [0.05, 0.1) is 21.5 Å². The van der Waals surface area contributed by atoms with Gasteiger partial charge in [-0.1, -0.05) is 6.92 Å². The summed E-state index contributed by atoms with van der Waals surface area (Å²) in [5.41, 5.74) is 3.72. The lowest BCUT2D eigenvalue weighted by Crippen LogP contribution is -2.18. The fourth-order valence-corrected chi connectivity index (χ4v) is 3.68. The van der Waals surface area contributed by atoms with Crippen molar-refractivity contribution in [3.05, 3.63) is 23.7 Å². The van der Waals surface area contributed by atoms with E-state index in [-0.39, 0.29) is 11.5 Å². The van der Waals surface area contributed by atoms with Crippen LogP contribution in [0.1, 0.15) is 13.3 Å². The van der Waals surface area contributed by atoms with Crippen LogP contribution in [0.3, 0.4) is 0 Å². The number of benzene rings is 1. The minimum Gasteiger partial charge on any atom is -0.384 e. The van der Waals surface area contributed by atoms with Gasteiger partial charge in [0.25, 0.3) is 0 Å². The minimum atomic E-state index is -2.91. The Hall–Kier alpha value is -1.14. The highest BCUT2D eigenvalue weighted by Gasteiger charge is 2.08. The third-order valence-corrected chi connectivity index (χ3v) is 5.24. The SMILES string of the molecule is CCCS(=O)(=O)CCNc1ccc2ncsc2c1. The Morgan fingerprint density at radius 3 is 2.94 bits per heavy atom. The number of anilines is 1. The Kier molecular flexibility index (Phi) is 4.19. The summed E-state index contributed by atoms with van der Waals surface area (Å²) in [5.74, 6) is 0.449. The Balaban J connectivity index is 1.94. The molecule has 0 atom stereocenters. The molecule has 98 valence electrons. The van der Waals surface area contributed by atoms with E-state index in [0.717, 1.165) is 15.9 Å². The number of hydrogen-bond donors (Lipinski definition) is 1. The number of rotatable bonds is 6. The van der Waals surface area contributed by atoms with Gasteiger partial charge in [-0.2, -0.15) is 0 Å². The zero-order valence-electron chi connectivity index (χ0n) is 10.2.